The SMILES string of the molecule is COc1ccc(N(C(=O)Cc2cccs2)[C@@H](C(=O)NC2CCCC2)c2ccccc2F)c(OC)c1. The molecule has 1 aliphatic rings. The number of hydrogen-bond acceptors (Lipinski definition) is 5. The van der Waals surface area contributed by atoms with Crippen molar-refractivity contribution in [3.05, 3.63) is 76.2 Å². The van der Waals surface area contributed by atoms with Crippen LogP contribution < -0.4 is 19.7 Å². The summed E-state index contributed by atoms with van der Waals surface area (Å²) in [5.41, 5.74) is 0.491. The van der Waals surface area contributed by atoms with Gasteiger partial charge < -0.3 is 14.8 Å². The molecule has 1 heterocycles. The number of nitrogens with one attached hydrogen (secondary N) is 1. The summed E-state index contributed by atoms with van der Waals surface area (Å²) in [6.45, 7) is 0. The van der Waals surface area contributed by atoms with Gasteiger partial charge in [0.2, 0.25) is 11.8 Å². The van der Waals surface area contributed by atoms with Crippen molar-refractivity contribution in [2.75, 3.05) is 19.1 Å². The fourth-order valence-electron chi connectivity index (χ4n) is 4.49. The third kappa shape index (κ3) is 5.65. The molecule has 184 valence electrons. The number of ether oxygens (including phenoxy) is 2. The lowest BCUT2D eigenvalue weighted by atomic mass is 10.0. The number of halogens is 1. The van der Waals surface area contributed by atoms with Gasteiger partial charge in [-0.1, -0.05) is 37.1 Å². The van der Waals surface area contributed by atoms with E-state index in [-0.39, 0.29) is 23.9 Å². The first-order valence-corrected chi connectivity index (χ1v) is 12.5. The number of rotatable bonds is 9. The first kappa shape index (κ1) is 24.7. The second kappa shape index (κ2) is 11.4. The van der Waals surface area contributed by atoms with Crippen molar-refractivity contribution in [3.8, 4) is 11.5 Å². The molecule has 35 heavy (non-hydrogen) atoms. The summed E-state index contributed by atoms with van der Waals surface area (Å²) >= 11 is 1.45. The van der Waals surface area contributed by atoms with Gasteiger partial charge in [-0.05, 0) is 42.5 Å². The highest BCUT2D eigenvalue weighted by molar-refractivity contribution is 7.10. The van der Waals surface area contributed by atoms with Crippen LogP contribution in [-0.2, 0) is 16.0 Å². The summed E-state index contributed by atoms with van der Waals surface area (Å²) < 4.78 is 26.1. The fraction of sp³-hybridized carbons (Fsp3) is 0.333. The lowest BCUT2D eigenvalue weighted by Gasteiger charge is -2.33. The van der Waals surface area contributed by atoms with Crippen molar-refractivity contribution >= 4 is 28.8 Å². The highest BCUT2D eigenvalue weighted by atomic mass is 32.1. The van der Waals surface area contributed by atoms with E-state index in [9.17, 15) is 9.59 Å². The molecule has 6 nitrogen and oxygen atoms in total. The van der Waals surface area contributed by atoms with Gasteiger partial charge in [-0.15, -0.1) is 11.3 Å². The second-order valence-electron chi connectivity index (χ2n) is 8.47. The van der Waals surface area contributed by atoms with Crippen molar-refractivity contribution in [2.45, 2.75) is 44.2 Å². The maximum atomic E-state index is 15.2. The summed E-state index contributed by atoms with van der Waals surface area (Å²) in [6.07, 6.45) is 3.86. The molecule has 0 unspecified atom stereocenters. The highest BCUT2D eigenvalue weighted by Crippen LogP contribution is 2.39. The van der Waals surface area contributed by atoms with E-state index in [1.54, 1.807) is 36.4 Å². The number of hydrogen-bond donors (Lipinski definition) is 1. The quantitative estimate of drug-likeness (QED) is 0.438. The number of anilines is 1. The Balaban J connectivity index is 1.84. The van der Waals surface area contributed by atoms with Gasteiger partial charge in [0.05, 0.1) is 26.3 Å². The maximum absolute atomic E-state index is 15.2. The molecule has 1 aliphatic carbocycles. The summed E-state index contributed by atoms with van der Waals surface area (Å²) in [4.78, 5) is 29.8. The molecule has 2 amide bonds. The minimum Gasteiger partial charge on any atom is -0.497 e. The first-order valence-electron chi connectivity index (χ1n) is 11.6. The van der Waals surface area contributed by atoms with Crippen molar-refractivity contribution in [1.82, 2.24) is 5.32 Å². The predicted octanol–water partition coefficient (Wildman–Crippen LogP) is 5.28. The van der Waals surface area contributed by atoms with Crippen LogP contribution in [0.2, 0.25) is 0 Å². The first-order chi connectivity index (χ1) is 17.0. The molecule has 3 aromatic rings. The van der Waals surface area contributed by atoms with E-state index >= 15 is 4.39 Å². The molecule has 1 fully saturated rings. The number of carbonyl (C=O) groups excluding carboxylic acids is 2. The van der Waals surface area contributed by atoms with E-state index in [0.29, 0.717) is 17.2 Å². The zero-order valence-corrected chi connectivity index (χ0v) is 20.6. The number of methoxy groups -OCH3 is 2. The van der Waals surface area contributed by atoms with Crippen LogP contribution in [-0.4, -0.2) is 32.1 Å². The van der Waals surface area contributed by atoms with Gasteiger partial charge in [0.15, 0.2) is 0 Å². The Hall–Kier alpha value is -3.39. The molecule has 0 saturated heterocycles. The van der Waals surface area contributed by atoms with Crippen LogP contribution in [0.15, 0.2) is 60.0 Å². The number of carbonyl (C=O) groups is 2. The Morgan fingerprint density at radius 2 is 1.86 bits per heavy atom. The molecule has 0 radical (unpaired) electrons. The van der Waals surface area contributed by atoms with E-state index < -0.39 is 17.8 Å². The van der Waals surface area contributed by atoms with Crippen LogP contribution in [0.3, 0.4) is 0 Å². The van der Waals surface area contributed by atoms with Crippen LogP contribution in [0, 0.1) is 5.82 Å². The molecule has 0 aliphatic heterocycles. The predicted molar refractivity (Wildman–Crippen MR) is 135 cm³/mol. The standard InChI is InChI=1S/C27H29FN2O4S/c1-33-19-13-14-23(24(16-19)34-2)30(25(31)17-20-10-7-15-35-20)26(21-11-5-6-12-22(21)28)27(32)29-18-8-3-4-9-18/h5-7,10-16,18,26H,3-4,8-9,17H2,1-2H3,(H,29,32)/t26-/m1/s1. The fourth-order valence-corrected chi connectivity index (χ4v) is 5.19. The topological polar surface area (TPSA) is 67.9 Å². The highest BCUT2D eigenvalue weighted by Gasteiger charge is 2.37. The van der Waals surface area contributed by atoms with Crippen molar-refractivity contribution < 1.29 is 23.5 Å². The van der Waals surface area contributed by atoms with Crippen LogP contribution in [0.5, 0.6) is 11.5 Å². The minimum atomic E-state index is -1.22. The molecule has 4 rings (SSSR count). The Labute approximate surface area is 208 Å². The summed E-state index contributed by atoms with van der Waals surface area (Å²) in [5.74, 6) is -0.432. The average molecular weight is 497 g/mol. The normalized spacial score (nSPS) is 14.4. The maximum Gasteiger partial charge on any atom is 0.248 e. The minimum absolute atomic E-state index is 0.00350. The summed E-state index contributed by atoms with van der Waals surface area (Å²) in [5, 5.41) is 4.96. The van der Waals surface area contributed by atoms with E-state index in [4.69, 9.17) is 9.47 Å². The van der Waals surface area contributed by atoms with Crippen LogP contribution in [0.1, 0.15) is 42.2 Å². The van der Waals surface area contributed by atoms with E-state index in [1.165, 1.54) is 36.5 Å². The number of nitrogens with zero attached hydrogens (tertiary/aromatic N) is 1. The average Bonchev–Trinajstić information content (AvgIpc) is 3.57. The van der Waals surface area contributed by atoms with Crippen LogP contribution in [0.25, 0.3) is 0 Å². The summed E-state index contributed by atoms with van der Waals surface area (Å²) in [6, 6.07) is 13.6. The summed E-state index contributed by atoms with van der Waals surface area (Å²) in [7, 11) is 3.02. The number of amides is 2. The van der Waals surface area contributed by atoms with E-state index in [0.717, 1.165) is 30.6 Å². The molecule has 0 spiro atoms. The Morgan fingerprint density at radius 1 is 1.09 bits per heavy atom. The Bertz CT molecular complexity index is 1160. The van der Waals surface area contributed by atoms with E-state index in [2.05, 4.69) is 5.32 Å². The largest absolute Gasteiger partial charge is 0.497 e. The molecular weight excluding hydrogens is 467 g/mol. The third-order valence-electron chi connectivity index (χ3n) is 6.23. The third-order valence-corrected chi connectivity index (χ3v) is 7.10. The van der Waals surface area contributed by atoms with Gasteiger partial charge in [0.1, 0.15) is 23.4 Å². The van der Waals surface area contributed by atoms with Gasteiger partial charge >= 0.3 is 0 Å². The van der Waals surface area contributed by atoms with Gasteiger partial charge in [-0.2, -0.15) is 0 Å². The van der Waals surface area contributed by atoms with Crippen LogP contribution >= 0.6 is 11.3 Å². The van der Waals surface area contributed by atoms with Gasteiger partial charge in [-0.25, -0.2) is 4.39 Å². The second-order valence-corrected chi connectivity index (χ2v) is 9.50. The smallest absolute Gasteiger partial charge is 0.248 e. The molecule has 8 heteroatoms. The lowest BCUT2D eigenvalue weighted by Crippen LogP contribution is -2.47. The zero-order valence-electron chi connectivity index (χ0n) is 19.8. The molecule has 1 N–H and O–H groups in total. The molecule has 1 atom stereocenters. The zero-order chi connectivity index (χ0) is 24.8. The number of thiophene rings is 1. The van der Waals surface area contributed by atoms with Crippen molar-refractivity contribution in [3.63, 3.8) is 0 Å². The van der Waals surface area contributed by atoms with Crippen LogP contribution in [0.4, 0.5) is 10.1 Å². The molecule has 2 aromatic carbocycles. The monoisotopic (exact) mass is 496 g/mol. The van der Waals surface area contributed by atoms with Crippen molar-refractivity contribution in [2.24, 2.45) is 0 Å². The Kier molecular flexibility index (Phi) is 8.02. The van der Waals surface area contributed by atoms with Gasteiger partial charge in [-0.3, -0.25) is 14.5 Å². The molecule has 1 saturated carbocycles. The van der Waals surface area contributed by atoms with Crippen molar-refractivity contribution in [1.29, 1.82) is 0 Å². The molecular formula is C27H29FN2O4S. The number of benzene rings is 2. The Morgan fingerprint density at radius 3 is 2.51 bits per heavy atom. The van der Waals surface area contributed by atoms with Gasteiger partial charge in [0, 0.05) is 22.5 Å². The lowest BCUT2D eigenvalue weighted by molar-refractivity contribution is -0.127. The molecule has 0 bridgehead atoms. The molecule has 1 aromatic heterocycles. The van der Waals surface area contributed by atoms with E-state index in [1.807, 2.05) is 17.5 Å². The van der Waals surface area contributed by atoms with Gasteiger partial charge in [0.25, 0.3) is 0 Å².